The van der Waals surface area contributed by atoms with E-state index in [1.807, 2.05) is 0 Å². The molecule has 1 aliphatic rings. The molecule has 1 atom stereocenters. The van der Waals surface area contributed by atoms with Crippen LogP contribution in [0.25, 0.3) is 0 Å². The highest BCUT2D eigenvalue weighted by Gasteiger charge is 2.18. The van der Waals surface area contributed by atoms with Gasteiger partial charge in [0.15, 0.2) is 0 Å². The van der Waals surface area contributed by atoms with E-state index < -0.39 is 0 Å². The lowest BCUT2D eigenvalue weighted by Gasteiger charge is -2.27. The van der Waals surface area contributed by atoms with Gasteiger partial charge in [0, 0.05) is 19.3 Å². The first-order valence-corrected chi connectivity index (χ1v) is 8.18. The van der Waals surface area contributed by atoms with E-state index in [0.717, 1.165) is 31.7 Å². The summed E-state index contributed by atoms with van der Waals surface area (Å²) >= 11 is 0. The van der Waals surface area contributed by atoms with Crippen molar-refractivity contribution in [2.24, 2.45) is 5.92 Å². The molecule has 0 aliphatic carbocycles. The number of hydrogen-bond acceptors (Lipinski definition) is 2. The summed E-state index contributed by atoms with van der Waals surface area (Å²) in [7, 11) is 0. The fraction of sp³-hybridized carbons (Fsp3) is 1.00. The highest BCUT2D eigenvalue weighted by atomic mass is 16.5. The molecule has 1 fully saturated rings. The van der Waals surface area contributed by atoms with Crippen LogP contribution in [0.1, 0.15) is 71.6 Å². The summed E-state index contributed by atoms with van der Waals surface area (Å²) in [5.74, 6) is 0.901. The Morgan fingerprint density at radius 2 is 1.78 bits per heavy atom. The number of rotatable bonds is 10. The molecule has 0 bridgehead atoms. The molecule has 108 valence electrons. The van der Waals surface area contributed by atoms with Crippen molar-refractivity contribution < 1.29 is 4.74 Å². The molecule has 18 heavy (non-hydrogen) atoms. The molecular formula is C16H33NO. The van der Waals surface area contributed by atoms with Crippen molar-refractivity contribution in [3.8, 4) is 0 Å². The maximum absolute atomic E-state index is 5.45. The summed E-state index contributed by atoms with van der Waals surface area (Å²) in [5, 5.41) is 3.68. The molecule has 0 spiro atoms. The lowest BCUT2D eigenvalue weighted by Crippen LogP contribution is -2.32. The molecule has 1 unspecified atom stereocenters. The smallest absolute Gasteiger partial charge is 0.0468 e. The van der Waals surface area contributed by atoms with E-state index in [-0.39, 0.29) is 0 Å². The highest BCUT2D eigenvalue weighted by Crippen LogP contribution is 2.22. The second kappa shape index (κ2) is 10.8. The van der Waals surface area contributed by atoms with Crippen molar-refractivity contribution in [1.29, 1.82) is 0 Å². The van der Waals surface area contributed by atoms with Crippen LogP contribution in [0.2, 0.25) is 0 Å². The maximum atomic E-state index is 5.45. The molecule has 1 rings (SSSR count). The van der Waals surface area contributed by atoms with Crippen LogP contribution >= 0.6 is 0 Å². The third kappa shape index (κ3) is 7.38. The Kier molecular flexibility index (Phi) is 9.59. The summed E-state index contributed by atoms with van der Waals surface area (Å²) < 4.78 is 5.45. The number of nitrogens with one attached hydrogen (secondary N) is 1. The van der Waals surface area contributed by atoms with Crippen molar-refractivity contribution in [3.05, 3.63) is 0 Å². The molecule has 1 aliphatic heterocycles. The number of ether oxygens (including phenoxy) is 1. The molecule has 0 aromatic carbocycles. The fourth-order valence-corrected chi connectivity index (χ4v) is 2.97. The lowest BCUT2D eigenvalue weighted by molar-refractivity contribution is 0.0602. The fourth-order valence-electron chi connectivity index (χ4n) is 2.97. The Morgan fingerprint density at radius 3 is 2.44 bits per heavy atom. The maximum Gasteiger partial charge on any atom is 0.0468 e. The molecule has 2 heteroatoms. The van der Waals surface area contributed by atoms with E-state index in [1.54, 1.807) is 0 Å². The van der Waals surface area contributed by atoms with Crippen LogP contribution in [0.15, 0.2) is 0 Å². The van der Waals surface area contributed by atoms with Gasteiger partial charge in [0.2, 0.25) is 0 Å². The summed E-state index contributed by atoms with van der Waals surface area (Å²) in [6.45, 7) is 7.60. The number of hydrogen-bond donors (Lipinski definition) is 1. The average Bonchev–Trinajstić information content (AvgIpc) is 2.40. The lowest BCUT2D eigenvalue weighted by atomic mass is 9.90. The quantitative estimate of drug-likeness (QED) is 0.592. The third-order valence-electron chi connectivity index (χ3n) is 4.11. The van der Waals surface area contributed by atoms with Crippen molar-refractivity contribution in [2.45, 2.75) is 77.7 Å². The molecule has 1 heterocycles. The molecular weight excluding hydrogens is 222 g/mol. The topological polar surface area (TPSA) is 21.3 Å². The van der Waals surface area contributed by atoms with Crippen molar-refractivity contribution in [1.82, 2.24) is 5.32 Å². The van der Waals surface area contributed by atoms with E-state index in [0.29, 0.717) is 0 Å². The van der Waals surface area contributed by atoms with Gasteiger partial charge in [-0.05, 0) is 38.1 Å². The van der Waals surface area contributed by atoms with E-state index in [4.69, 9.17) is 4.74 Å². The SMILES string of the molecule is CCCCCCCC(CC1CCOCC1)NCC. The average molecular weight is 255 g/mol. The van der Waals surface area contributed by atoms with Gasteiger partial charge < -0.3 is 10.1 Å². The van der Waals surface area contributed by atoms with Gasteiger partial charge in [-0.25, -0.2) is 0 Å². The summed E-state index contributed by atoms with van der Waals surface area (Å²) in [4.78, 5) is 0. The minimum Gasteiger partial charge on any atom is -0.381 e. The van der Waals surface area contributed by atoms with Gasteiger partial charge in [-0.1, -0.05) is 46.0 Å². The van der Waals surface area contributed by atoms with Crippen LogP contribution < -0.4 is 5.32 Å². The van der Waals surface area contributed by atoms with Gasteiger partial charge in [0.05, 0.1) is 0 Å². The summed E-state index contributed by atoms with van der Waals surface area (Å²) in [6.07, 6.45) is 12.3. The first-order valence-electron chi connectivity index (χ1n) is 8.18. The van der Waals surface area contributed by atoms with E-state index in [2.05, 4.69) is 19.2 Å². The van der Waals surface area contributed by atoms with Gasteiger partial charge in [0.25, 0.3) is 0 Å². The molecule has 0 saturated carbocycles. The molecule has 0 radical (unpaired) electrons. The predicted octanol–water partition coefficient (Wildman–Crippen LogP) is 4.14. The normalized spacial score (nSPS) is 19.0. The van der Waals surface area contributed by atoms with E-state index in [9.17, 15) is 0 Å². The van der Waals surface area contributed by atoms with Gasteiger partial charge in [0.1, 0.15) is 0 Å². The highest BCUT2D eigenvalue weighted by molar-refractivity contribution is 4.73. The van der Waals surface area contributed by atoms with E-state index >= 15 is 0 Å². The minimum absolute atomic E-state index is 0.750. The Bertz CT molecular complexity index is 178. The van der Waals surface area contributed by atoms with Crippen molar-refractivity contribution in [3.63, 3.8) is 0 Å². The Balaban J connectivity index is 2.12. The first-order chi connectivity index (χ1) is 8.86. The zero-order valence-corrected chi connectivity index (χ0v) is 12.5. The Morgan fingerprint density at radius 1 is 1.06 bits per heavy atom. The molecule has 1 N–H and O–H groups in total. The number of unbranched alkanes of at least 4 members (excludes halogenated alkanes) is 4. The van der Waals surface area contributed by atoms with Crippen LogP contribution in [0.4, 0.5) is 0 Å². The molecule has 0 aromatic heterocycles. The van der Waals surface area contributed by atoms with Crippen molar-refractivity contribution >= 4 is 0 Å². The van der Waals surface area contributed by atoms with Gasteiger partial charge >= 0.3 is 0 Å². The molecule has 0 amide bonds. The van der Waals surface area contributed by atoms with Gasteiger partial charge in [-0.3, -0.25) is 0 Å². The summed E-state index contributed by atoms with van der Waals surface area (Å²) in [5.41, 5.74) is 0. The van der Waals surface area contributed by atoms with Crippen molar-refractivity contribution in [2.75, 3.05) is 19.8 Å². The first kappa shape index (κ1) is 16.0. The van der Waals surface area contributed by atoms with Crippen LogP contribution in [-0.2, 0) is 4.74 Å². The Labute approximate surface area is 114 Å². The van der Waals surface area contributed by atoms with Gasteiger partial charge in [-0.15, -0.1) is 0 Å². The standard InChI is InChI=1S/C16H33NO/c1-3-5-6-7-8-9-16(17-4-2)14-15-10-12-18-13-11-15/h15-17H,3-14H2,1-2H3. The van der Waals surface area contributed by atoms with Crippen LogP contribution in [0.3, 0.4) is 0 Å². The van der Waals surface area contributed by atoms with Crippen LogP contribution in [0, 0.1) is 5.92 Å². The second-order valence-corrected chi connectivity index (χ2v) is 5.75. The van der Waals surface area contributed by atoms with Gasteiger partial charge in [-0.2, -0.15) is 0 Å². The van der Waals surface area contributed by atoms with Crippen LogP contribution in [-0.4, -0.2) is 25.8 Å². The Hall–Kier alpha value is -0.0800. The molecule has 2 nitrogen and oxygen atoms in total. The zero-order chi connectivity index (χ0) is 13.1. The minimum atomic E-state index is 0.750. The van der Waals surface area contributed by atoms with Crippen LogP contribution in [0.5, 0.6) is 0 Å². The summed E-state index contributed by atoms with van der Waals surface area (Å²) in [6, 6.07) is 0.750. The third-order valence-corrected chi connectivity index (χ3v) is 4.11. The monoisotopic (exact) mass is 255 g/mol. The zero-order valence-electron chi connectivity index (χ0n) is 12.5. The predicted molar refractivity (Wildman–Crippen MR) is 79.0 cm³/mol. The second-order valence-electron chi connectivity index (χ2n) is 5.75. The molecule has 0 aromatic rings. The largest absolute Gasteiger partial charge is 0.381 e. The van der Waals surface area contributed by atoms with E-state index in [1.165, 1.54) is 57.8 Å². The molecule has 1 saturated heterocycles.